The number of amides is 2. The molecule has 2 aliphatic rings. The average Bonchev–Trinajstić information content (AvgIpc) is 2.99. The van der Waals surface area contributed by atoms with Gasteiger partial charge in [0.25, 0.3) is 11.8 Å². The second kappa shape index (κ2) is 8.73. The van der Waals surface area contributed by atoms with Crippen molar-refractivity contribution >= 4 is 34.7 Å². The van der Waals surface area contributed by atoms with E-state index in [0.717, 1.165) is 18.8 Å². The summed E-state index contributed by atoms with van der Waals surface area (Å²) in [6.07, 6.45) is 0.0546. The number of carbonyl (C=O) groups excluding carboxylic acids is 2. The second-order valence-electron chi connectivity index (χ2n) is 8.13. The molecule has 0 saturated carbocycles. The monoisotopic (exact) mass is 439 g/mol. The minimum atomic E-state index is -0.335. The Labute approximate surface area is 187 Å². The molecule has 2 amide bonds. The first-order valence-electron chi connectivity index (χ1n) is 10.4. The molecule has 1 saturated heterocycles. The van der Waals surface area contributed by atoms with E-state index in [4.69, 9.17) is 16.3 Å². The number of nitrogens with zero attached hydrogens (tertiary/aromatic N) is 3. The topological polar surface area (TPSA) is 53.1 Å². The predicted octanol–water partition coefficient (Wildman–Crippen LogP) is 3.66. The van der Waals surface area contributed by atoms with Gasteiger partial charge in [0.1, 0.15) is 11.4 Å². The van der Waals surface area contributed by atoms with Crippen molar-refractivity contribution < 1.29 is 14.3 Å². The van der Waals surface area contributed by atoms with E-state index in [1.165, 1.54) is 4.90 Å². The fraction of sp³-hybridized carbons (Fsp3) is 0.333. The van der Waals surface area contributed by atoms with Crippen molar-refractivity contribution in [1.82, 2.24) is 9.80 Å². The van der Waals surface area contributed by atoms with Crippen LogP contribution < -0.4 is 9.64 Å². The Morgan fingerprint density at radius 1 is 0.935 bits per heavy atom. The lowest BCUT2D eigenvalue weighted by Gasteiger charge is -2.34. The van der Waals surface area contributed by atoms with Crippen molar-refractivity contribution in [2.45, 2.75) is 20.0 Å². The molecule has 2 aliphatic heterocycles. The van der Waals surface area contributed by atoms with E-state index in [2.05, 4.69) is 11.9 Å². The van der Waals surface area contributed by atoms with Gasteiger partial charge in [-0.05, 0) is 56.8 Å². The fourth-order valence-electron chi connectivity index (χ4n) is 3.92. The molecule has 6 nitrogen and oxygen atoms in total. The molecule has 1 fully saturated rings. The zero-order chi connectivity index (χ0) is 22.1. The van der Waals surface area contributed by atoms with E-state index >= 15 is 0 Å². The molecule has 4 rings (SSSR count). The summed E-state index contributed by atoms with van der Waals surface area (Å²) >= 11 is 6.14. The maximum absolute atomic E-state index is 13.5. The first-order chi connectivity index (χ1) is 14.8. The summed E-state index contributed by atoms with van der Waals surface area (Å²) in [5, 5.41) is 0.475. The number of imide groups is 1. The van der Waals surface area contributed by atoms with E-state index in [-0.39, 0.29) is 17.9 Å². The Kier molecular flexibility index (Phi) is 6.03. The smallest absolute Gasteiger partial charge is 0.282 e. The number of carbonyl (C=O) groups is 2. The Hall–Kier alpha value is -2.83. The van der Waals surface area contributed by atoms with Gasteiger partial charge in [-0.3, -0.25) is 9.59 Å². The normalized spacial score (nSPS) is 17.8. The number of hydrogen-bond donors (Lipinski definition) is 0. The Bertz CT molecular complexity index is 1020. The number of rotatable bonds is 5. The Morgan fingerprint density at radius 2 is 1.61 bits per heavy atom. The van der Waals surface area contributed by atoms with Crippen LogP contribution >= 0.6 is 11.6 Å². The van der Waals surface area contributed by atoms with E-state index < -0.39 is 0 Å². The number of ether oxygens (including phenoxy) is 1. The molecule has 0 aromatic heterocycles. The van der Waals surface area contributed by atoms with Crippen LogP contribution in [0.4, 0.5) is 5.69 Å². The van der Waals surface area contributed by atoms with Gasteiger partial charge < -0.3 is 14.5 Å². The van der Waals surface area contributed by atoms with E-state index in [1.807, 2.05) is 43.0 Å². The van der Waals surface area contributed by atoms with Crippen molar-refractivity contribution in [3.8, 4) is 5.75 Å². The average molecular weight is 440 g/mol. The van der Waals surface area contributed by atoms with Crippen LogP contribution in [0.5, 0.6) is 5.75 Å². The highest BCUT2D eigenvalue weighted by atomic mass is 35.5. The number of halogens is 1. The van der Waals surface area contributed by atoms with Crippen LogP contribution in [0.3, 0.4) is 0 Å². The van der Waals surface area contributed by atoms with Crippen molar-refractivity contribution in [2.24, 2.45) is 0 Å². The number of likely N-dealkylation sites (N-methyl/N-ethyl adjacent to an activating group) is 1. The zero-order valence-electron chi connectivity index (χ0n) is 18.0. The molecule has 0 spiro atoms. The predicted molar refractivity (Wildman–Crippen MR) is 122 cm³/mol. The summed E-state index contributed by atoms with van der Waals surface area (Å²) in [6, 6.07) is 14.2. The van der Waals surface area contributed by atoms with Crippen LogP contribution in [0, 0.1) is 0 Å². The van der Waals surface area contributed by atoms with Gasteiger partial charge in [0, 0.05) is 31.2 Å². The molecule has 0 bridgehead atoms. The molecule has 0 aliphatic carbocycles. The highest BCUT2D eigenvalue weighted by Gasteiger charge is 2.43. The summed E-state index contributed by atoms with van der Waals surface area (Å²) in [6.45, 7) is 6.96. The first kappa shape index (κ1) is 21.4. The molecule has 162 valence electrons. The molecule has 2 aromatic carbocycles. The largest absolute Gasteiger partial charge is 0.491 e. The van der Waals surface area contributed by atoms with Crippen molar-refractivity contribution in [2.75, 3.05) is 38.1 Å². The van der Waals surface area contributed by atoms with E-state index in [1.54, 1.807) is 24.3 Å². The highest BCUT2D eigenvalue weighted by molar-refractivity contribution is 6.45. The third kappa shape index (κ3) is 4.31. The van der Waals surface area contributed by atoms with E-state index in [9.17, 15) is 9.59 Å². The Balaban J connectivity index is 1.76. The van der Waals surface area contributed by atoms with Crippen LogP contribution in [-0.4, -0.2) is 60.9 Å². The number of hydrogen-bond acceptors (Lipinski definition) is 5. The molecular formula is C24H26ClN3O3. The van der Waals surface area contributed by atoms with Crippen LogP contribution in [0.2, 0.25) is 5.02 Å². The third-order valence-electron chi connectivity index (χ3n) is 5.46. The van der Waals surface area contributed by atoms with Gasteiger partial charge in [0.15, 0.2) is 0 Å². The van der Waals surface area contributed by atoms with Gasteiger partial charge in [0.2, 0.25) is 0 Å². The van der Waals surface area contributed by atoms with E-state index in [0.29, 0.717) is 40.6 Å². The first-order valence-corrected chi connectivity index (χ1v) is 10.8. The molecule has 0 radical (unpaired) electrons. The number of anilines is 1. The lowest BCUT2D eigenvalue weighted by Crippen LogP contribution is -2.46. The molecule has 7 heteroatoms. The lowest BCUT2D eigenvalue weighted by atomic mass is 10.0. The minimum Gasteiger partial charge on any atom is -0.491 e. The van der Waals surface area contributed by atoms with Crippen LogP contribution in [-0.2, 0) is 9.59 Å². The summed E-state index contributed by atoms with van der Waals surface area (Å²) in [5.74, 6) is 0.0806. The van der Waals surface area contributed by atoms with Crippen LogP contribution in [0.25, 0.3) is 5.57 Å². The molecular weight excluding hydrogens is 414 g/mol. The fourth-order valence-corrected chi connectivity index (χ4v) is 4.11. The van der Waals surface area contributed by atoms with Gasteiger partial charge in [-0.15, -0.1) is 0 Å². The molecule has 31 heavy (non-hydrogen) atoms. The van der Waals surface area contributed by atoms with Gasteiger partial charge >= 0.3 is 0 Å². The summed E-state index contributed by atoms with van der Waals surface area (Å²) in [7, 11) is 2.06. The second-order valence-corrected chi connectivity index (χ2v) is 8.57. The standard InChI is InChI=1S/C24H26ClN3O3/c1-16(2)31-20-9-7-17(8-10-20)21-22(27-13-11-26(3)12-14-27)24(30)28(23(21)29)19-6-4-5-18(25)15-19/h4-10,15-16H,11-14H2,1-3H3. The SMILES string of the molecule is CC(C)Oc1ccc(C2=C(N3CCN(C)CC3)C(=O)N(c3cccc(Cl)c3)C2=O)cc1. The summed E-state index contributed by atoms with van der Waals surface area (Å²) in [5.41, 5.74) is 2.05. The minimum absolute atomic E-state index is 0.0546. The lowest BCUT2D eigenvalue weighted by molar-refractivity contribution is -0.120. The van der Waals surface area contributed by atoms with Crippen LogP contribution in [0.1, 0.15) is 19.4 Å². The van der Waals surface area contributed by atoms with Crippen LogP contribution in [0.15, 0.2) is 54.2 Å². The highest BCUT2D eigenvalue weighted by Crippen LogP contribution is 2.36. The quantitative estimate of drug-likeness (QED) is 0.665. The van der Waals surface area contributed by atoms with Crippen molar-refractivity contribution in [3.63, 3.8) is 0 Å². The summed E-state index contributed by atoms with van der Waals surface area (Å²) < 4.78 is 5.73. The molecule has 2 heterocycles. The third-order valence-corrected chi connectivity index (χ3v) is 5.70. The summed E-state index contributed by atoms with van der Waals surface area (Å²) in [4.78, 5) is 32.5. The molecule has 0 N–H and O–H groups in total. The zero-order valence-corrected chi connectivity index (χ0v) is 18.7. The maximum atomic E-state index is 13.5. The maximum Gasteiger partial charge on any atom is 0.282 e. The van der Waals surface area contributed by atoms with Gasteiger partial charge in [-0.2, -0.15) is 0 Å². The van der Waals surface area contributed by atoms with Gasteiger partial charge in [-0.25, -0.2) is 4.90 Å². The Morgan fingerprint density at radius 3 is 2.23 bits per heavy atom. The molecule has 0 unspecified atom stereocenters. The van der Waals surface area contributed by atoms with Crippen molar-refractivity contribution in [3.05, 3.63) is 64.8 Å². The molecule has 0 atom stereocenters. The van der Waals surface area contributed by atoms with Gasteiger partial charge in [-0.1, -0.05) is 29.8 Å². The number of piperazine rings is 1. The molecule has 2 aromatic rings. The van der Waals surface area contributed by atoms with Gasteiger partial charge in [0.05, 0.1) is 17.4 Å². The van der Waals surface area contributed by atoms with Crippen molar-refractivity contribution in [1.29, 1.82) is 0 Å². The number of benzene rings is 2.